The van der Waals surface area contributed by atoms with Crippen molar-refractivity contribution in [1.82, 2.24) is 4.98 Å². The van der Waals surface area contributed by atoms with Crippen LogP contribution in [0.4, 0.5) is 10.1 Å². The quantitative estimate of drug-likeness (QED) is 0.573. The van der Waals surface area contributed by atoms with Crippen molar-refractivity contribution in [1.29, 1.82) is 0 Å². The summed E-state index contributed by atoms with van der Waals surface area (Å²) in [5.41, 5.74) is 7.29. The number of rotatable bonds is 3. The minimum Gasteiger partial charge on any atom is -0.497 e. The Labute approximate surface area is 120 Å². The molecule has 0 aliphatic rings. The second-order valence-electron chi connectivity index (χ2n) is 4.65. The highest BCUT2D eigenvalue weighted by Crippen LogP contribution is 2.27. The van der Waals surface area contributed by atoms with Gasteiger partial charge in [-0.05, 0) is 30.3 Å². The fourth-order valence-electron chi connectivity index (χ4n) is 2.32. The van der Waals surface area contributed by atoms with Gasteiger partial charge in [0.1, 0.15) is 11.6 Å². The van der Waals surface area contributed by atoms with Gasteiger partial charge in [-0.3, -0.25) is 4.79 Å². The Morgan fingerprint density at radius 2 is 2.05 bits per heavy atom. The molecule has 0 spiro atoms. The number of ketones is 1. The third-order valence-corrected chi connectivity index (χ3v) is 3.40. The normalized spacial score (nSPS) is 10.8. The van der Waals surface area contributed by atoms with Crippen molar-refractivity contribution >= 4 is 22.4 Å². The van der Waals surface area contributed by atoms with E-state index in [4.69, 9.17) is 10.5 Å². The molecule has 3 N–H and O–H groups in total. The molecule has 0 fully saturated rings. The number of halogens is 1. The van der Waals surface area contributed by atoms with Gasteiger partial charge < -0.3 is 15.5 Å². The van der Waals surface area contributed by atoms with E-state index in [9.17, 15) is 9.18 Å². The molecule has 0 unspecified atom stereocenters. The Balaban J connectivity index is 2.17. The van der Waals surface area contributed by atoms with Crippen LogP contribution in [0.25, 0.3) is 10.9 Å². The number of benzene rings is 2. The fraction of sp³-hybridized carbons (Fsp3) is 0.0625. The number of nitrogen functional groups attached to an aromatic ring is 1. The number of aromatic amines is 1. The van der Waals surface area contributed by atoms with Gasteiger partial charge >= 0.3 is 0 Å². The number of aromatic nitrogens is 1. The van der Waals surface area contributed by atoms with Gasteiger partial charge in [-0.2, -0.15) is 0 Å². The zero-order chi connectivity index (χ0) is 15.0. The Morgan fingerprint density at radius 3 is 2.81 bits per heavy atom. The van der Waals surface area contributed by atoms with E-state index in [1.54, 1.807) is 30.3 Å². The highest BCUT2D eigenvalue weighted by molar-refractivity contribution is 6.18. The molecular formula is C16H13FN2O2. The van der Waals surface area contributed by atoms with Gasteiger partial charge in [0, 0.05) is 28.4 Å². The maximum absolute atomic E-state index is 14.0. The topological polar surface area (TPSA) is 68.1 Å². The fourth-order valence-corrected chi connectivity index (χ4v) is 2.32. The van der Waals surface area contributed by atoms with Crippen LogP contribution in [0.1, 0.15) is 15.9 Å². The van der Waals surface area contributed by atoms with E-state index in [0.717, 1.165) is 0 Å². The summed E-state index contributed by atoms with van der Waals surface area (Å²) in [7, 11) is 1.51. The van der Waals surface area contributed by atoms with E-state index in [0.29, 0.717) is 22.5 Å². The second kappa shape index (κ2) is 4.94. The molecule has 106 valence electrons. The number of hydrogen-bond acceptors (Lipinski definition) is 3. The number of anilines is 1. The number of carbonyl (C=O) groups excluding carboxylic acids is 1. The Kier molecular flexibility index (Phi) is 3.10. The van der Waals surface area contributed by atoms with Gasteiger partial charge in [0.05, 0.1) is 12.7 Å². The maximum Gasteiger partial charge on any atom is 0.197 e. The molecule has 1 heterocycles. The van der Waals surface area contributed by atoms with Crippen molar-refractivity contribution in [2.24, 2.45) is 0 Å². The number of H-pyrrole nitrogens is 1. The zero-order valence-electron chi connectivity index (χ0n) is 11.3. The Morgan fingerprint density at radius 1 is 1.24 bits per heavy atom. The summed E-state index contributed by atoms with van der Waals surface area (Å²) in [6.45, 7) is 0. The summed E-state index contributed by atoms with van der Waals surface area (Å²) in [6.07, 6.45) is 1.50. The van der Waals surface area contributed by atoms with Crippen LogP contribution in [-0.4, -0.2) is 17.9 Å². The third kappa shape index (κ3) is 2.12. The van der Waals surface area contributed by atoms with Gasteiger partial charge in [0.2, 0.25) is 0 Å². The highest BCUT2D eigenvalue weighted by Gasteiger charge is 2.19. The number of methoxy groups -OCH3 is 1. The first-order valence-electron chi connectivity index (χ1n) is 6.35. The van der Waals surface area contributed by atoms with Crippen LogP contribution in [0.3, 0.4) is 0 Å². The summed E-state index contributed by atoms with van der Waals surface area (Å²) in [5, 5.41) is 0.268. The van der Waals surface area contributed by atoms with Gasteiger partial charge in [-0.1, -0.05) is 6.07 Å². The van der Waals surface area contributed by atoms with Crippen LogP contribution in [0.2, 0.25) is 0 Å². The Bertz CT molecular complexity index is 839. The number of nitrogens with one attached hydrogen (secondary N) is 1. The lowest BCUT2D eigenvalue weighted by molar-refractivity contribution is 0.104. The van der Waals surface area contributed by atoms with E-state index in [-0.39, 0.29) is 16.7 Å². The van der Waals surface area contributed by atoms with Crippen molar-refractivity contribution in [3.8, 4) is 5.75 Å². The molecule has 0 bridgehead atoms. The standard InChI is InChI=1S/C16H13FN2O2/c1-21-9-5-6-13(18)10(7-9)16(20)11-8-19-14-4-2-3-12(17)15(11)14/h2-8,19H,18H2,1H3. The molecule has 0 atom stereocenters. The number of fused-ring (bicyclic) bond motifs is 1. The molecule has 0 aliphatic carbocycles. The van der Waals surface area contributed by atoms with Crippen LogP contribution in [0.5, 0.6) is 5.75 Å². The monoisotopic (exact) mass is 284 g/mol. The zero-order valence-corrected chi connectivity index (χ0v) is 11.3. The lowest BCUT2D eigenvalue weighted by Crippen LogP contribution is -2.05. The van der Waals surface area contributed by atoms with Crippen LogP contribution >= 0.6 is 0 Å². The van der Waals surface area contributed by atoms with E-state index < -0.39 is 5.82 Å². The molecule has 0 radical (unpaired) electrons. The van der Waals surface area contributed by atoms with Crippen LogP contribution < -0.4 is 10.5 Å². The highest BCUT2D eigenvalue weighted by atomic mass is 19.1. The molecule has 4 nitrogen and oxygen atoms in total. The molecule has 3 aromatic rings. The molecule has 2 aromatic carbocycles. The van der Waals surface area contributed by atoms with Crippen molar-refractivity contribution < 1.29 is 13.9 Å². The van der Waals surface area contributed by atoms with Crippen LogP contribution in [-0.2, 0) is 0 Å². The van der Waals surface area contributed by atoms with Crippen molar-refractivity contribution in [3.05, 3.63) is 59.5 Å². The lowest BCUT2D eigenvalue weighted by atomic mass is 10.0. The molecule has 5 heteroatoms. The summed E-state index contributed by atoms with van der Waals surface area (Å²) >= 11 is 0. The van der Waals surface area contributed by atoms with Crippen molar-refractivity contribution in [3.63, 3.8) is 0 Å². The first-order chi connectivity index (χ1) is 10.1. The predicted molar refractivity (Wildman–Crippen MR) is 79.1 cm³/mol. The van der Waals surface area contributed by atoms with Gasteiger partial charge in [-0.25, -0.2) is 4.39 Å². The lowest BCUT2D eigenvalue weighted by Gasteiger charge is -2.07. The average molecular weight is 284 g/mol. The van der Waals surface area contributed by atoms with Gasteiger partial charge in [0.25, 0.3) is 0 Å². The van der Waals surface area contributed by atoms with E-state index >= 15 is 0 Å². The SMILES string of the molecule is COc1ccc(N)c(C(=O)c2c[nH]c3cccc(F)c23)c1. The molecular weight excluding hydrogens is 271 g/mol. The molecule has 1 aromatic heterocycles. The molecule has 0 saturated heterocycles. The molecule has 3 rings (SSSR count). The third-order valence-electron chi connectivity index (χ3n) is 3.40. The smallest absolute Gasteiger partial charge is 0.197 e. The van der Waals surface area contributed by atoms with Crippen molar-refractivity contribution in [2.75, 3.05) is 12.8 Å². The average Bonchev–Trinajstić information content (AvgIpc) is 2.92. The minimum absolute atomic E-state index is 0.253. The summed E-state index contributed by atoms with van der Waals surface area (Å²) in [5.74, 6) is -0.269. The van der Waals surface area contributed by atoms with Crippen LogP contribution in [0, 0.1) is 5.82 Å². The second-order valence-corrected chi connectivity index (χ2v) is 4.65. The number of ether oxygens (including phenoxy) is 1. The molecule has 21 heavy (non-hydrogen) atoms. The number of nitrogens with two attached hydrogens (primary N) is 1. The largest absolute Gasteiger partial charge is 0.497 e. The van der Waals surface area contributed by atoms with E-state index in [1.165, 1.54) is 19.4 Å². The van der Waals surface area contributed by atoms with E-state index in [2.05, 4.69) is 4.98 Å². The number of hydrogen-bond donors (Lipinski definition) is 2. The van der Waals surface area contributed by atoms with E-state index in [1.807, 2.05) is 0 Å². The van der Waals surface area contributed by atoms with Gasteiger partial charge in [0.15, 0.2) is 5.78 Å². The van der Waals surface area contributed by atoms with Gasteiger partial charge in [-0.15, -0.1) is 0 Å². The predicted octanol–water partition coefficient (Wildman–Crippen LogP) is 3.13. The first-order valence-corrected chi connectivity index (χ1v) is 6.35. The van der Waals surface area contributed by atoms with Crippen LogP contribution in [0.15, 0.2) is 42.6 Å². The molecule has 0 amide bonds. The minimum atomic E-state index is -0.446. The molecule has 0 saturated carbocycles. The summed E-state index contributed by atoms with van der Waals surface area (Å²) < 4.78 is 19.1. The maximum atomic E-state index is 14.0. The summed E-state index contributed by atoms with van der Waals surface area (Å²) in [4.78, 5) is 15.5. The summed E-state index contributed by atoms with van der Waals surface area (Å²) in [6, 6.07) is 9.44. The van der Waals surface area contributed by atoms with Crippen molar-refractivity contribution in [2.45, 2.75) is 0 Å². The number of carbonyl (C=O) groups is 1. The first kappa shape index (κ1) is 13.2. The molecule has 0 aliphatic heterocycles. The Hall–Kier alpha value is -2.82.